The molecular weight excluding hydrogens is 184 g/mol. The standard InChI is InChI=1S/C14H22O/c1-4-5-6-7-8-9-10-11-12-14(15)13(2)3/h4-5,7-8,10-11,13H,6,9,12H2,1-3H3/b5-4-,8-7-,11-10-. The molecule has 0 aromatic heterocycles. The van der Waals surface area contributed by atoms with Crippen LogP contribution in [0.15, 0.2) is 36.5 Å². The van der Waals surface area contributed by atoms with Gasteiger partial charge in [0, 0.05) is 12.3 Å². The number of hydrogen-bond donors (Lipinski definition) is 0. The summed E-state index contributed by atoms with van der Waals surface area (Å²) < 4.78 is 0. The Labute approximate surface area is 93.6 Å². The first-order valence-corrected chi connectivity index (χ1v) is 5.62. The second-order valence-electron chi connectivity index (χ2n) is 3.81. The topological polar surface area (TPSA) is 17.1 Å². The van der Waals surface area contributed by atoms with Crippen molar-refractivity contribution < 1.29 is 4.79 Å². The normalized spacial score (nSPS) is 12.5. The Morgan fingerprint density at radius 2 is 1.53 bits per heavy atom. The first-order valence-electron chi connectivity index (χ1n) is 5.62. The third kappa shape index (κ3) is 9.20. The first-order chi connectivity index (χ1) is 7.18. The number of carbonyl (C=O) groups is 1. The largest absolute Gasteiger partial charge is 0.299 e. The molecule has 0 aliphatic carbocycles. The lowest BCUT2D eigenvalue weighted by Crippen LogP contribution is -2.04. The second-order valence-corrected chi connectivity index (χ2v) is 3.81. The molecule has 15 heavy (non-hydrogen) atoms. The van der Waals surface area contributed by atoms with Gasteiger partial charge in [-0.15, -0.1) is 0 Å². The monoisotopic (exact) mass is 206 g/mol. The predicted octanol–water partition coefficient (Wildman–Crippen LogP) is 4.07. The fourth-order valence-electron chi connectivity index (χ4n) is 1.02. The first kappa shape index (κ1) is 13.9. The fraction of sp³-hybridized carbons (Fsp3) is 0.500. The van der Waals surface area contributed by atoms with Crippen molar-refractivity contribution in [2.75, 3.05) is 0 Å². The molecule has 84 valence electrons. The summed E-state index contributed by atoms with van der Waals surface area (Å²) in [6, 6.07) is 0. The molecule has 0 saturated carbocycles. The van der Waals surface area contributed by atoms with Crippen molar-refractivity contribution in [3.63, 3.8) is 0 Å². The van der Waals surface area contributed by atoms with E-state index in [9.17, 15) is 4.79 Å². The van der Waals surface area contributed by atoms with Gasteiger partial charge in [-0.1, -0.05) is 50.3 Å². The third-order valence-corrected chi connectivity index (χ3v) is 2.08. The van der Waals surface area contributed by atoms with Crippen molar-refractivity contribution in [3.8, 4) is 0 Å². The van der Waals surface area contributed by atoms with Crippen LogP contribution in [-0.2, 0) is 4.79 Å². The van der Waals surface area contributed by atoms with E-state index in [0.717, 1.165) is 12.8 Å². The van der Waals surface area contributed by atoms with E-state index in [1.807, 2.05) is 39.0 Å². The SMILES string of the molecule is C/C=C\C/C=C\C/C=C\CC(=O)C(C)C. The molecule has 1 heteroatoms. The van der Waals surface area contributed by atoms with Crippen molar-refractivity contribution in [2.24, 2.45) is 5.92 Å². The molecule has 0 fully saturated rings. The maximum absolute atomic E-state index is 11.2. The smallest absolute Gasteiger partial charge is 0.139 e. The van der Waals surface area contributed by atoms with E-state index in [1.54, 1.807) is 0 Å². The van der Waals surface area contributed by atoms with Crippen molar-refractivity contribution in [2.45, 2.75) is 40.0 Å². The van der Waals surface area contributed by atoms with Crippen molar-refractivity contribution in [1.29, 1.82) is 0 Å². The summed E-state index contributed by atoms with van der Waals surface area (Å²) in [7, 11) is 0. The molecule has 0 bridgehead atoms. The number of rotatable bonds is 7. The molecule has 0 heterocycles. The van der Waals surface area contributed by atoms with Crippen LogP contribution in [0.25, 0.3) is 0 Å². The summed E-state index contributed by atoms with van der Waals surface area (Å²) in [5, 5.41) is 0. The number of hydrogen-bond acceptors (Lipinski definition) is 1. The van der Waals surface area contributed by atoms with Crippen LogP contribution in [-0.4, -0.2) is 5.78 Å². The van der Waals surface area contributed by atoms with Gasteiger partial charge in [-0.25, -0.2) is 0 Å². The van der Waals surface area contributed by atoms with Gasteiger partial charge in [0.05, 0.1) is 0 Å². The lowest BCUT2D eigenvalue weighted by Gasteiger charge is -1.98. The van der Waals surface area contributed by atoms with Crippen LogP contribution in [0, 0.1) is 5.92 Å². The highest BCUT2D eigenvalue weighted by Gasteiger charge is 2.02. The van der Waals surface area contributed by atoms with E-state index < -0.39 is 0 Å². The minimum absolute atomic E-state index is 0.153. The van der Waals surface area contributed by atoms with Gasteiger partial charge in [0.2, 0.25) is 0 Å². The van der Waals surface area contributed by atoms with Crippen molar-refractivity contribution in [1.82, 2.24) is 0 Å². The van der Waals surface area contributed by atoms with Crippen LogP contribution in [0.3, 0.4) is 0 Å². The summed E-state index contributed by atoms with van der Waals surface area (Å²) in [6.45, 7) is 5.89. The van der Waals surface area contributed by atoms with Gasteiger partial charge in [-0.3, -0.25) is 4.79 Å². The minimum atomic E-state index is 0.153. The Kier molecular flexibility index (Phi) is 8.75. The summed E-state index contributed by atoms with van der Waals surface area (Å²) >= 11 is 0. The van der Waals surface area contributed by atoms with Gasteiger partial charge in [0.1, 0.15) is 5.78 Å². The Hall–Kier alpha value is -1.11. The quantitative estimate of drug-likeness (QED) is 0.574. The van der Waals surface area contributed by atoms with E-state index in [2.05, 4.69) is 18.2 Å². The predicted molar refractivity (Wildman–Crippen MR) is 66.8 cm³/mol. The van der Waals surface area contributed by atoms with Crippen molar-refractivity contribution >= 4 is 5.78 Å². The zero-order valence-corrected chi connectivity index (χ0v) is 10.1. The Morgan fingerprint density at radius 3 is 2.07 bits per heavy atom. The second kappa shape index (κ2) is 9.45. The van der Waals surface area contributed by atoms with Gasteiger partial charge in [0.15, 0.2) is 0 Å². The van der Waals surface area contributed by atoms with Crippen LogP contribution in [0.5, 0.6) is 0 Å². The molecule has 0 amide bonds. The highest BCUT2D eigenvalue weighted by molar-refractivity contribution is 5.81. The van der Waals surface area contributed by atoms with Crippen LogP contribution in [0.2, 0.25) is 0 Å². The molecule has 0 unspecified atom stereocenters. The fourth-order valence-corrected chi connectivity index (χ4v) is 1.02. The Morgan fingerprint density at radius 1 is 1.00 bits per heavy atom. The summed E-state index contributed by atoms with van der Waals surface area (Å²) in [5.74, 6) is 0.462. The summed E-state index contributed by atoms with van der Waals surface area (Å²) in [5.41, 5.74) is 0. The zero-order chi connectivity index (χ0) is 11.5. The molecule has 0 atom stereocenters. The molecule has 0 aromatic rings. The molecule has 0 radical (unpaired) electrons. The van der Waals surface area contributed by atoms with Crippen molar-refractivity contribution in [3.05, 3.63) is 36.5 Å². The lowest BCUT2D eigenvalue weighted by atomic mass is 10.1. The molecule has 0 spiro atoms. The van der Waals surface area contributed by atoms with Crippen LogP contribution < -0.4 is 0 Å². The molecule has 0 aliphatic rings. The Balaban J connectivity index is 3.55. The summed E-state index contributed by atoms with van der Waals surface area (Å²) in [6.07, 6.45) is 14.9. The molecule has 0 aromatic carbocycles. The van der Waals surface area contributed by atoms with Crippen LogP contribution in [0.4, 0.5) is 0 Å². The highest BCUT2D eigenvalue weighted by Crippen LogP contribution is 2.00. The number of ketones is 1. The van der Waals surface area contributed by atoms with Gasteiger partial charge < -0.3 is 0 Å². The van der Waals surface area contributed by atoms with Gasteiger partial charge >= 0.3 is 0 Å². The number of allylic oxidation sites excluding steroid dienone is 6. The zero-order valence-electron chi connectivity index (χ0n) is 10.1. The lowest BCUT2D eigenvalue weighted by molar-refractivity contribution is -0.121. The molecular formula is C14H22O. The third-order valence-electron chi connectivity index (χ3n) is 2.08. The Bertz CT molecular complexity index is 244. The highest BCUT2D eigenvalue weighted by atomic mass is 16.1. The molecule has 0 rings (SSSR count). The van der Waals surface area contributed by atoms with E-state index in [0.29, 0.717) is 12.2 Å². The minimum Gasteiger partial charge on any atom is -0.299 e. The molecule has 0 saturated heterocycles. The van der Waals surface area contributed by atoms with Crippen LogP contribution in [0.1, 0.15) is 40.0 Å². The van der Waals surface area contributed by atoms with Gasteiger partial charge in [0.25, 0.3) is 0 Å². The van der Waals surface area contributed by atoms with Crippen LogP contribution >= 0.6 is 0 Å². The summed E-state index contributed by atoms with van der Waals surface area (Å²) in [4.78, 5) is 11.2. The van der Waals surface area contributed by atoms with Gasteiger partial charge in [-0.05, 0) is 19.8 Å². The van der Waals surface area contributed by atoms with E-state index in [4.69, 9.17) is 0 Å². The van der Waals surface area contributed by atoms with Gasteiger partial charge in [-0.2, -0.15) is 0 Å². The maximum Gasteiger partial charge on any atom is 0.139 e. The average Bonchev–Trinajstić information content (AvgIpc) is 2.21. The van der Waals surface area contributed by atoms with E-state index >= 15 is 0 Å². The van der Waals surface area contributed by atoms with E-state index in [1.165, 1.54) is 0 Å². The average molecular weight is 206 g/mol. The molecule has 0 N–H and O–H groups in total. The number of carbonyl (C=O) groups excluding carboxylic acids is 1. The molecule has 0 aliphatic heterocycles. The molecule has 1 nitrogen and oxygen atoms in total. The maximum atomic E-state index is 11.2. The van der Waals surface area contributed by atoms with E-state index in [-0.39, 0.29) is 5.92 Å². The number of Topliss-reactive ketones (excluding diaryl/α,β-unsaturated/α-hetero) is 1.